The summed E-state index contributed by atoms with van der Waals surface area (Å²) in [6.45, 7) is -0.580. The molecule has 1 aromatic rings. The minimum Gasteiger partial charge on any atom is -0.508 e. The summed E-state index contributed by atoms with van der Waals surface area (Å²) in [5, 5.41) is 20.3. The molecule has 0 aliphatic heterocycles. The van der Waals surface area contributed by atoms with E-state index in [2.05, 4.69) is 5.32 Å². The maximum absolute atomic E-state index is 11.5. The van der Waals surface area contributed by atoms with Gasteiger partial charge in [-0.2, -0.15) is 0 Å². The molecule has 0 spiro atoms. The lowest BCUT2D eigenvalue weighted by Gasteiger charge is -2.10. The van der Waals surface area contributed by atoms with E-state index < -0.39 is 24.5 Å². The molecule has 19 heavy (non-hydrogen) atoms. The highest BCUT2D eigenvalue weighted by molar-refractivity contribution is 5.95. The summed E-state index contributed by atoms with van der Waals surface area (Å²) >= 11 is 0. The Balaban J connectivity index is 2.73. The van der Waals surface area contributed by atoms with E-state index >= 15 is 0 Å². The topological polar surface area (TPSA) is 139 Å². The lowest BCUT2D eigenvalue weighted by atomic mass is 10.1. The highest BCUT2D eigenvalue weighted by atomic mass is 16.3. The van der Waals surface area contributed by atoms with Crippen molar-refractivity contribution in [3.05, 3.63) is 29.8 Å². The molecule has 0 bridgehead atoms. The average Bonchev–Trinajstić information content (AvgIpc) is 2.36. The van der Waals surface area contributed by atoms with Crippen molar-refractivity contribution in [2.75, 3.05) is 12.3 Å². The molecule has 0 radical (unpaired) electrons. The molecule has 7 nitrogen and oxygen atoms in total. The molecule has 7 N–H and O–H groups in total. The number of carbonyl (C=O) groups is 2. The van der Waals surface area contributed by atoms with E-state index in [1.807, 2.05) is 0 Å². The fourth-order valence-corrected chi connectivity index (χ4v) is 1.30. The van der Waals surface area contributed by atoms with Crippen LogP contribution in [0.1, 0.15) is 5.56 Å². The predicted molar refractivity (Wildman–Crippen MR) is 69.8 cm³/mol. The number of nitrogens with two attached hydrogens (primary N) is 2. The number of phenolic OH excluding ortho intramolecular Hbond substituents is 1. The standard InChI is InChI=1S/C12H15N3O4/c13-9-3-2-8(17)5-7(9)1-4-11(18)15-10(6-16)12(14)19/h1-5,10,16-17H,6,13H2,(H2,14,19)(H,15,18)/b4-1+. The van der Waals surface area contributed by atoms with Crippen LogP contribution in [-0.4, -0.2) is 34.7 Å². The number of amides is 2. The van der Waals surface area contributed by atoms with Crippen molar-refractivity contribution in [1.82, 2.24) is 5.32 Å². The molecule has 0 saturated heterocycles. The summed E-state index contributed by atoms with van der Waals surface area (Å²) < 4.78 is 0. The van der Waals surface area contributed by atoms with Gasteiger partial charge in [0.1, 0.15) is 11.8 Å². The second kappa shape index (κ2) is 6.41. The van der Waals surface area contributed by atoms with Crippen LogP contribution in [-0.2, 0) is 9.59 Å². The third kappa shape index (κ3) is 4.32. The fourth-order valence-electron chi connectivity index (χ4n) is 1.30. The number of benzene rings is 1. The van der Waals surface area contributed by atoms with Gasteiger partial charge in [-0.3, -0.25) is 9.59 Å². The highest BCUT2D eigenvalue weighted by Gasteiger charge is 2.14. The van der Waals surface area contributed by atoms with E-state index in [1.54, 1.807) is 0 Å². The number of aromatic hydroxyl groups is 1. The number of hydrogen-bond donors (Lipinski definition) is 5. The minimum atomic E-state index is -1.14. The predicted octanol–water partition coefficient (Wildman–Crippen LogP) is -1.05. The van der Waals surface area contributed by atoms with Gasteiger partial charge < -0.3 is 27.0 Å². The Morgan fingerprint density at radius 1 is 1.42 bits per heavy atom. The molecule has 1 rings (SSSR count). The Morgan fingerprint density at radius 2 is 2.11 bits per heavy atom. The second-order valence-corrected chi connectivity index (χ2v) is 3.79. The molecule has 0 aliphatic rings. The van der Waals surface area contributed by atoms with Gasteiger partial charge in [-0.25, -0.2) is 0 Å². The molecule has 102 valence electrons. The van der Waals surface area contributed by atoms with Crippen LogP contribution in [0.4, 0.5) is 5.69 Å². The number of aliphatic hydroxyl groups excluding tert-OH is 1. The van der Waals surface area contributed by atoms with Crippen LogP contribution in [0.5, 0.6) is 5.75 Å². The maximum Gasteiger partial charge on any atom is 0.244 e. The summed E-state index contributed by atoms with van der Waals surface area (Å²) in [7, 11) is 0. The van der Waals surface area contributed by atoms with Gasteiger partial charge >= 0.3 is 0 Å². The van der Waals surface area contributed by atoms with Gasteiger partial charge in [0.25, 0.3) is 0 Å². The van der Waals surface area contributed by atoms with Gasteiger partial charge in [-0.05, 0) is 24.3 Å². The molecule has 2 amide bonds. The molecular formula is C12H15N3O4. The van der Waals surface area contributed by atoms with Crippen LogP contribution >= 0.6 is 0 Å². The SMILES string of the molecule is NC(=O)C(CO)NC(=O)/C=C/c1cc(O)ccc1N. The zero-order chi connectivity index (χ0) is 14.4. The number of carbonyl (C=O) groups excluding carboxylic acids is 2. The maximum atomic E-state index is 11.5. The first-order chi connectivity index (χ1) is 8.93. The smallest absolute Gasteiger partial charge is 0.244 e. The van der Waals surface area contributed by atoms with Crippen LogP contribution < -0.4 is 16.8 Å². The van der Waals surface area contributed by atoms with Crippen molar-refractivity contribution in [2.24, 2.45) is 5.73 Å². The summed E-state index contributed by atoms with van der Waals surface area (Å²) in [5.41, 5.74) is 11.4. The second-order valence-electron chi connectivity index (χ2n) is 3.79. The number of phenols is 1. The minimum absolute atomic E-state index is 0.0135. The Bertz CT molecular complexity index is 514. The first-order valence-electron chi connectivity index (χ1n) is 5.41. The van der Waals surface area contributed by atoms with E-state index in [9.17, 15) is 14.7 Å². The molecular weight excluding hydrogens is 250 g/mol. The van der Waals surface area contributed by atoms with Gasteiger partial charge in [-0.15, -0.1) is 0 Å². The summed E-state index contributed by atoms with van der Waals surface area (Å²) in [4.78, 5) is 22.3. The molecule has 1 unspecified atom stereocenters. The Labute approximate surface area is 109 Å². The first kappa shape index (κ1) is 14.5. The van der Waals surface area contributed by atoms with Crippen molar-refractivity contribution in [3.63, 3.8) is 0 Å². The van der Waals surface area contributed by atoms with Crippen LogP contribution in [0, 0.1) is 0 Å². The molecule has 0 aliphatic carbocycles. The molecule has 0 heterocycles. The number of nitrogen functional groups attached to an aromatic ring is 1. The quantitative estimate of drug-likeness (QED) is 0.262. The van der Waals surface area contributed by atoms with Crippen molar-refractivity contribution >= 4 is 23.6 Å². The highest BCUT2D eigenvalue weighted by Crippen LogP contribution is 2.19. The molecule has 1 aromatic carbocycles. The van der Waals surface area contributed by atoms with E-state index in [1.165, 1.54) is 24.3 Å². The fraction of sp³-hybridized carbons (Fsp3) is 0.167. The van der Waals surface area contributed by atoms with E-state index in [4.69, 9.17) is 16.6 Å². The van der Waals surface area contributed by atoms with Gasteiger partial charge in [0, 0.05) is 17.3 Å². The summed E-state index contributed by atoms with van der Waals surface area (Å²) in [5.74, 6) is -1.43. The lowest BCUT2D eigenvalue weighted by molar-refractivity contribution is -0.125. The van der Waals surface area contributed by atoms with Crippen LogP contribution in [0.25, 0.3) is 6.08 Å². The summed E-state index contributed by atoms with van der Waals surface area (Å²) in [6, 6.07) is 3.16. The number of aliphatic hydroxyl groups is 1. The van der Waals surface area contributed by atoms with E-state index in [0.717, 1.165) is 6.08 Å². The zero-order valence-electron chi connectivity index (χ0n) is 10.0. The van der Waals surface area contributed by atoms with Crippen LogP contribution in [0.2, 0.25) is 0 Å². The van der Waals surface area contributed by atoms with Crippen molar-refractivity contribution in [2.45, 2.75) is 6.04 Å². The largest absolute Gasteiger partial charge is 0.508 e. The monoisotopic (exact) mass is 265 g/mol. The number of hydrogen-bond acceptors (Lipinski definition) is 5. The van der Waals surface area contributed by atoms with Crippen molar-refractivity contribution in [1.29, 1.82) is 0 Å². The third-order valence-corrected chi connectivity index (χ3v) is 2.33. The van der Waals surface area contributed by atoms with Gasteiger partial charge in [-0.1, -0.05) is 0 Å². The Hall–Kier alpha value is -2.54. The molecule has 1 atom stereocenters. The van der Waals surface area contributed by atoms with Crippen LogP contribution in [0.15, 0.2) is 24.3 Å². The number of rotatable bonds is 5. The van der Waals surface area contributed by atoms with Crippen LogP contribution in [0.3, 0.4) is 0 Å². The number of primary amides is 1. The first-order valence-corrected chi connectivity index (χ1v) is 5.41. The lowest BCUT2D eigenvalue weighted by Crippen LogP contribution is -2.46. The Morgan fingerprint density at radius 3 is 2.68 bits per heavy atom. The number of anilines is 1. The van der Waals surface area contributed by atoms with Gasteiger partial charge in [0.15, 0.2) is 0 Å². The average molecular weight is 265 g/mol. The zero-order valence-corrected chi connectivity index (χ0v) is 10.0. The third-order valence-electron chi connectivity index (χ3n) is 2.33. The van der Waals surface area contributed by atoms with E-state index in [0.29, 0.717) is 11.3 Å². The summed E-state index contributed by atoms with van der Waals surface area (Å²) in [6.07, 6.45) is 2.50. The Kier molecular flexibility index (Phi) is 4.90. The molecule has 0 fully saturated rings. The molecule has 0 aromatic heterocycles. The van der Waals surface area contributed by atoms with Crippen molar-refractivity contribution < 1.29 is 19.8 Å². The number of nitrogens with one attached hydrogen (secondary N) is 1. The molecule has 7 heteroatoms. The van der Waals surface area contributed by atoms with Gasteiger partial charge in [0.2, 0.25) is 11.8 Å². The normalized spacial score (nSPS) is 12.3. The van der Waals surface area contributed by atoms with Gasteiger partial charge in [0.05, 0.1) is 6.61 Å². The molecule has 0 saturated carbocycles. The van der Waals surface area contributed by atoms with E-state index in [-0.39, 0.29) is 5.75 Å². The van der Waals surface area contributed by atoms with Crippen molar-refractivity contribution in [3.8, 4) is 5.75 Å².